The summed E-state index contributed by atoms with van der Waals surface area (Å²) in [5.41, 5.74) is -1.39. The van der Waals surface area contributed by atoms with Crippen LogP contribution in [0.4, 0.5) is 13.2 Å². The lowest BCUT2D eigenvalue weighted by molar-refractivity contribution is -0.200. The molecular formula is C10H15F3N4. The Morgan fingerprint density at radius 1 is 1.53 bits per heavy atom. The van der Waals surface area contributed by atoms with Gasteiger partial charge >= 0.3 is 6.18 Å². The fourth-order valence-corrected chi connectivity index (χ4v) is 1.62. The van der Waals surface area contributed by atoms with Gasteiger partial charge in [0.05, 0.1) is 17.6 Å². The second kappa shape index (κ2) is 4.23. The van der Waals surface area contributed by atoms with E-state index in [1.165, 1.54) is 6.21 Å². The van der Waals surface area contributed by atoms with Crippen LogP contribution in [0.3, 0.4) is 0 Å². The molecule has 2 aliphatic heterocycles. The van der Waals surface area contributed by atoms with Crippen molar-refractivity contribution in [2.24, 2.45) is 10.4 Å². The molecule has 2 rings (SSSR count). The topological polar surface area (TPSA) is 60.3 Å². The predicted molar refractivity (Wildman–Crippen MR) is 61.9 cm³/mol. The molecular weight excluding hydrogens is 233 g/mol. The zero-order chi connectivity index (χ0) is 13.3. The van der Waals surface area contributed by atoms with Gasteiger partial charge in [-0.3, -0.25) is 0 Å². The van der Waals surface area contributed by atoms with Crippen LogP contribution in [0, 0.1) is 10.8 Å². The Morgan fingerprint density at radius 3 is 2.65 bits per heavy atom. The SMILES string of the molecule is C=C1N=CC2=C(N1)C(C)(C(F)(F)F)CN2.C=N.[HH]. The zero-order valence-electron chi connectivity index (χ0n) is 9.28. The Balaban J connectivity index is 0.000000917. The molecule has 2 aliphatic rings. The third-order valence-corrected chi connectivity index (χ3v) is 2.70. The standard InChI is InChI=1S/C9H10F3N3.CH3N.H2/c1-5-13-3-6-7(15-5)8(2,4-14-6)9(10,11)12;1-2;/h3,14-15H,1,4H2,2H3;2H,1H2;1H. The maximum absolute atomic E-state index is 12.9. The fraction of sp³-hybridized carbons (Fsp3) is 0.400. The molecule has 0 saturated carbocycles. The minimum absolute atomic E-state index is 0. The van der Waals surface area contributed by atoms with Gasteiger partial charge in [-0.2, -0.15) is 13.2 Å². The third-order valence-electron chi connectivity index (χ3n) is 2.70. The van der Waals surface area contributed by atoms with Gasteiger partial charge in [-0.1, -0.05) is 6.58 Å². The lowest BCUT2D eigenvalue weighted by Crippen LogP contribution is -2.43. The molecule has 1 unspecified atom stereocenters. The van der Waals surface area contributed by atoms with E-state index in [9.17, 15) is 13.2 Å². The van der Waals surface area contributed by atoms with E-state index in [2.05, 4.69) is 28.9 Å². The van der Waals surface area contributed by atoms with Gasteiger partial charge in [-0.15, -0.1) is 0 Å². The van der Waals surface area contributed by atoms with E-state index in [-0.39, 0.29) is 19.5 Å². The van der Waals surface area contributed by atoms with Crippen LogP contribution in [0.5, 0.6) is 0 Å². The van der Waals surface area contributed by atoms with Gasteiger partial charge in [0.25, 0.3) is 0 Å². The largest absolute Gasteiger partial charge is 0.401 e. The van der Waals surface area contributed by atoms with Crippen molar-refractivity contribution in [3.8, 4) is 0 Å². The van der Waals surface area contributed by atoms with Gasteiger partial charge in [-0.05, 0) is 13.6 Å². The Hall–Kier alpha value is -1.79. The number of nitrogens with one attached hydrogen (secondary N) is 3. The Morgan fingerprint density at radius 2 is 2.12 bits per heavy atom. The summed E-state index contributed by atoms with van der Waals surface area (Å²) in [6.07, 6.45) is -2.93. The molecule has 4 nitrogen and oxygen atoms in total. The van der Waals surface area contributed by atoms with Gasteiger partial charge in [0.1, 0.15) is 11.2 Å². The van der Waals surface area contributed by atoms with E-state index in [4.69, 9.17) is 5.41 Å². The van der Waals surface area contributed by atoms with Crippen molar-refractivity contribution in [2.45, 2.75) is 13.1 Å². The van der Waals surface area contributed by atoms with E-state index in [0.29, 0.717) is 5.70 Å². The summed E-state index contributed by atoms with van der Waals surface area (Å²) >= 11 is 0. The molecule has 0 aromatic carbocycles. The van der Waals surface area contributed by atoms with Crippen molar-refractivity contribution in [3.05, 3.63) is 23.8 Å². The molecule has 0 radical (unpaired) electrons. The average Bonchev–Trinajstić information content (AvgIpc) is 2.60. The molecule has 0 aromatic rings. The molecule has 2 heterocycles. The van der Waals surface area contributed by atoms with Crippen molar-refractivity contribution >= 4 is 12.9 Å². The molecule has 0 amide bonds. The van der Waals surface area contributed by atoms with Crippen LogP contribution in [0.15, 0.2) is 28.8 Å². The highest BCUT2D eigenvalue weighted by Gasteiger charge is 2.57. The fourth-order valence-electron chi connectivity index (χ4n) is 1.62. The van der Waals surface area contributed by atoms with E-state index < -0.39 is 11.6 Å². The van der Waals surface area contributed by atoms with Gasteiger partial charge in [-0.25, -0.2) is 4.99 Å². The van der Waals surface area contributed by atoms with Crippen LogP contribution in [-0.4, -0.2) is 25.7 Å². The molecule has 7 heteroatoms. The third kappa shape index (κ3) is 2.04. The summed E-state index contributed by atoms with van der Waals surface area (Å²) in [4.78, 5) is 3.80. The van der Waals surface area contributed by atoms with Crippen molar-refractivity contribution in [3.63, 3.8) is 0 Å². The molecule has 0 spiro atoms. The number of alkyl halides is 3. The van der Waals surface area contributed by atoms with Crippen LogP contribution >= 0.6 is 0 Å². The van der Waals surface area contributed by atoms with E-state index in [0.717, 1.165) is 6.92 Å². The lowest BCUT2D eigenvalue weighted by atomic mass is 9.87. The number of allylic oxidation sites excluding steroid dienone is 1. The van der Waals surface area contributed by atoms with Crippen molar-refractivity contribution < 1.29 is 14.6 Å². The number of hydrogen-bond acceptors (Lipinski definition) is 4. The molecule has 0 aromatic heterocycles. The van der Waals surface area contributed by atoms with Gasteiger partial charge in [0.15, 0.2) is 0 Å². The Bertz CT molecular complexity index is 402. The molecule has 1 atom stereocenters. The zero-order valence-corrected chi connectivity index (χ0v) is 9.28. The second-order valence-corrected chi connectivity index (χ2v) is 3.80. The molecule has 0 bridgehead atoms. The molecule has 96 valence electrons. The Labute approximate surface area is 98.3 Å². The van der Waals surface area contributed by atoms with E-state index >= 15 is 0 Å². The lowest BCUT2D eigenvalue weighted by Gasteiger charge is -2.30. The van der Waals surface area contributed by atoms with Crippen LogP contribution in [0.2, 0.25) is 0 Å². The first kappa shape index (κ1) is 13.3. The summed E-state index contributed by atoms with van der Waals surface area (Å²) in [5, 5.41) is 10.8. The van der Waals surface area contributed by atoms with Gasteiger partial charge in [0, 0.05) is 7.97 Å². The van der Waals surface area contributed by atoms with E-state index in [1.54, 1.807) is 0 Å². The van der Waals surface area contributed by atoms with Gasteiger partial charge < -0.3 is 16.0 Å². The number of hydrogen-bond donors (Lipinski definition) is 3. The minimum Gasteiger partial charge on any atom is -0.381 e. The summed E-state index contributed by atoms with van der Waals surface area (Å²) in [5.74, 6) is 0.230. The van der Waals surface area contributed by atoms with E-state index in [1.807, 2.05) is 0 Å². The summed E-state index contributed by atoms with van der Waals surface area (Å²) in [6.45, 7) is 6.97. The summed E-state index contributed by atoms with van der Waals surface area (Å²) in [6, 6.07) is 0. The molecule has 0 saturated heterocycles. The highest BCUT2D eigenvalue weighted by molar-refractivity contribution is 5.82. The summed E-state index contributed by atoms with van der Waals surface area (Å²) in [7, 11) is 0. The minimum atomic E-state index is -4.30. The first-order valence-corrected chi connectivity index (χ1v) is 4.75. The molecule has 17 heavy (non-hydrogen) atoms. The molecule has 3 N–H and O–H groups in total. The second-order valence-electron chi connectivity index (χ2n) is 3.80. The maximum atomic E-state index is 12.9. The highest BCUT2D eigenvalue weighted by Crippen LogP contribution is 2.46. The Kier molecular flexibility index (Phi) is 3.30. The average molecular weight is 248 g/mol. The monoisotopic (exact) mass is 248 g/mol. The first-order chi connectivity index (χ1) is 7.84. The number of rotatable bonds is 0. The quantitative estimate of drug-likeness (QED) is 0.574. The van der Waals surface area contributed by atoms with Crippen molar-refractivity contribution in [1.29, 1.82) is 5.41 Å². The van der Waals surface area contributed by atoms with Crippen molar-refractivity contribution in [2.75, 3.05) is 6.54 Å². The molecule has 0 aliphatic carbocycles. The summed E-state index contributed by atoms with van der Waals surface area (Å²) < 4.78 is 38.6. The number of halogens is 3. The van der Waals surface area contributed by atoms with Crippen LogP contribution in [0.1, 0.15) is 8.35 Å². The predicted octanol–water partition coefficient (Wildman–Crippen LogP) is 2.03. The van der Waals surface area contributed by atoms with Crippen molar-refractivity contribution in [1.82, 2.24) is 10.6 Å². The smallest absolute Gasteiger partial charge is 0.381 e. The molecule has 0 fully saturated rings. The first-order valence-electron chi connectivity index (χ1n) is 4.75. The van der Waals surface area contributed by atoms with Crippen LogP contribution in [-0.2, 0) is 0 Å². The maximum Gasteiger partial charge on any atom is 0.401 e. The number of aliphatic imine (C=N–C) groups is 1. The normalized spacial score (nSPS) is 26.7. The highest BCUT2D eigenvalue weighted by atomic mass is 19.4. The van der Waals surface area contributed by atoms with Crippen LogP contribution < -0.4 is 10.6 Å². The van der Waals surface area contributed by atoms with Crippen LogP contribution in [0.25, 0.3) is 0 Å². The number of nitrogens with zero attached hydrogens (tertiary/aromatic N) is 1. The van der Waals surface area contributed by atoms with Gasteiger partial charge in [0.2, 0.25) is 0 Å².